The molecule has 2 saturated carbocycles. The van der Waals surface area contributed by atoms with Crippen molar-refractivity contribution < 1.29 is 4.79 Å². The van der Waals surface area contributed by atoms with Crippen molar-refractivity contribution in [2.75, 3.05) is 5.32 Å². The number of aromatic nitrogens is 2. The number of hydrogen-bond donors (Lipinski definition) is 2. The first kappa shape index (κ1) is 16.4. The van der Waals surface area contributed by atoms with Crippen molar-refractivity contribution in [1.82, 2.24) is 15.3 Å². The number of hydrogen-bond acceptors (Lipinski definition) is 5. The molecule has 1 aromatic carbocycles. The van der Waals surface area contributed by atoms with Gasteiger partial charge in [-0.15, -0.1) is 11.3 Å². The van der Waals surface area contributed by atoms with Crippen molar-refractivity contribution in [2.24, 2.45) is 0 Å². The Hall–Kier alpha value is -2.73. The zero-order chi connectivity index (χ0) is 18.2. The Labute approximate surface area is 161 Å². The molecule has 0 spiro atoms. The van der Waals surface area contributed by atoms with E-state index in [9.17, 15) is 4.79 Å². The average Bonchev–Trinajstić information content (AvgIpc) is 3.62. The third-order valence-electron chi connectivity index (χ3n) is 4.84. The van der Waals surface area contributed by atoms with Gasteiger partial charge in [0.05, 0.1) is 10.2 Å². The molecule has 136 valence electrons. The Morgan fingerprint density at radius 2 is 1.81 bits per heavy atom. The van der Waals surface area contributed by atoms with Crippen LogP contribution in [0.25, 0.3) is 22.4 Å². The fourth-order valence-corrected chi connectivity index (χ4v) is 3.88. The maximum Gasteiger partial charge on any atom is 0.251 e. The largest absolute Gasteiger partial charge is 0.366 e. The molecule has 5 nitrogen and oxygen atoms in total. The van der Waals surface area contributed by atoms with Crippen molar-refractivity contribution in [3.8, 4) is 0 Å². The van der Waals surface area contributed by atoms with Crippen molar-refractivity contribution in [1.29, 1.82) is 0 Å². The predicted octanol–water partition coefficient (Wildman–Crippen LogP) is 4.33. The molecule has 0 atom stereocenters. The van der Waals surface area contributed by atoms with Crippen molar-refractivity contribution in [3.05, 3.63) is 52.7 Å². The molecule has 0 bridgehead atoms. The standard InChI is InChI=1S/C21H20N4OS/c26-21(25-17-9-10-17)14-4-1-13(2-5-14)3-6-15-11-27-19-18(15)22-12-23-20(19)24-16-7-8-16/h1-6,11-12,16-17H,7-10H2,(H,25,26)(H,22,23,24). The lowest BCUT2D eigenvalue weighted by molar-refractivity contribution is 0.0951. The number of amides is 1. The first-order valence-electron chi connectivity index (χ1n) is 9.34. The zero-order valence-electron chi connectivity index (χ0n) is 14.8. The van der Waals surface area contributed by atoms with Crippen LogP contribution in [0.2, 0.25) is 0 Å². The van der Waals surface area contributed by atoms with Gasteiger partial charge in [0.15, 0.2) is 0 Å². The van der Waals surface area contributed by atoms with E-state index in [0.717, 1.165) is 40.0 Å². The number of nitrogens with zero attached hydrogens (tertiary/aromatic N) is 2. The van der Waals surface area contributed by atoms with E-state index in [0.29, 0.717) is 17.6 Å². The summed E-state index contributed by atoms with van der Waals surface area (Å²) in [5.41, 5.74) is 3.84. The normalized spacial score (nSPS) is 16.7. The van der Waals surface area contributed by atoms with Crippen LogP contribution in [0.1, 0.15) is 47.2 Å². The monoisotopic (exact) mass is 376 g/mol. The van der Waals surface area contributed by atoms with Gasteiger partial charge in [0.25, 0.3) is 5.91 Å². The highest BCUT2D eigenvalue weighted by Gasteiger charge is 2.24. The number of benzene rings is 1. The van der Waals surface area contributed by atoms with Crippen LogP contribution in [0.3, 0.4) is 0 Å². The molecule has 2 aromatic heterocycles. The van der Waals surface area contributed by atoms with Crippen LogP contribution in [-0.2, 0) is 0 Å². The third-order valence-corrected chi connectivity index (χ3v) is 5.83. The molecule has 1 amide bonds. The van der Waals surface area contributed by atoms with Crippen LogP contribution in [0.5, 0.6) is 0 Å². The van der Waals surface area contributed by atoms with Crippen LogP contribution in [0, 0.1) is 0 Å². The molecular formula is C21H20N4OS. The summed E-state index contributed by atoms with van der Waals surface area (Å²) in [5, 5.41) is 8.61. The first-order chi connectivity index (χ1) is 13.3. The molecule has 2 N–H and O–H groups in total. The Bertz CT molecular complexity index is 1020. The van der Waals surface area contributed by atoms with E-state index in [-0.39, 0.29) is 5.91 Å². The molecule has 0 unspecified atom stereocenters. The molecule has 27 heavy (non-hydrogen) atoms. The minimum absolute atomic E-state index is 0.0178. The van der Waals surface area contributed by atoms with Crippen LogP contribution in [0.15, 0.2) is 36.0 Å². The molecule has 3 aromatic rings. The van der Waals surface area contributed by atoms with Gasteiger partial charge < -0.3 is 10.6 Å². The number of thiophene rings is 1. The average molecular weight is 376 g/mol. The second-order valence-corrected chi connectivity index (χ2v) is 8.09. The quantitative estimate of drug-likeness (QED) is 0.672. The van der Waals surface area contributed by atoms with Gasteiger partial charge in [-0.3, -0.25) is 4.79 Å². The fraction of sp³-hybridized carbons (Fsp3) is 0.286. The number of nitrogens with one attached hydrogen (secondary N) is 2. The topological polar surface area (TPSA) is 66.9 Å². The Kier molecular flexibility index (Phi) is 4.13. The van der Waals surface area contributed by atoms with Crippen LogP contribution in [0.4, 0.5) is 5.82 Å². The van der Waals surface area contributed by atoms with Gasteiger partial charge in [0, 0.05) is 28.6 Å². The summed E-state index contributed by atoms with van der Waals surface area (Å²) in [6.45, 7) is 0. The van der Waals surface area contributed by atoms with Crippen molar-refractivity contribution in [2.45, 2.75) is 37.8 Å². The van der Waals surface area contributed by atoms with E-state index < -0.39 is 0 Å². The maximum atomic E-state index is 12.1. The van der Waals surface area contributed by atoms with E-state index in [1.54, 1.807) is 17.7 Å². The number of carbonyl (C=O) groups is 1. The number of rotatable bonds is 6. The lowest BCUT2D eigenvalue weighted by Crippen LogP contribution is -2.25. The summed E-state index contributed by atoms with van der Waals surface area (Å²) in [6.07, 6.45) is 10.4. The summed E-state index contributed by atoms with van der Waals surface area (Å²) in [4.78, 5) is 20.9. The predicted molar refractivity (Wildman–Crippen MR) is 110 cm³/mol. The summed E-state index contributed by atoms with van der Waals surface area (Å²) in [6, 6.07) is 8.65. The third kappa shape index (κ3) is 3.71. The molecule has 2 aliphatic rings. The molecule has 2 fully saturated rings. The molecule has 2 heterocycles. The molecule has 0 aliphatic heterocycles. The SMILES string of the molecule is O=C(NC1CC1)c1ccc(C=Cc2csc3c(NC4CC4)ncnc23)cc1. The van der Waals surface area contributed by atoms with E-state index in [4.69, 9.17) is 0 Å². The van der Waals surface area contributed by atoms with Gasteiger partial charge >= 0.3 is 0 Å². The molecule has 0 saturated heterocycles. The Morgan fingerprint density at radius 1 is 1.04 bits per heavy atom. The minimum atomic E-state index is 0.0178. The highest BCUT2D eigenvalue weighted by atomic mass is 32.1. The summed E-state index contributed by atoms with van der Waals surface area (Å²) >= 11 is 1.67. The van der Waals surface area contributed by atoms with E-state index in [1.807, 2.05) is 24.3 Å². The molecule has 2 aliphatic carbocycles. The second kappa shape index (κ2) is 6.78. The van der Waals surface area contributed by atoms with Crippen molar-refractivity contribution >= 4 is 45.4 Å². The maximum absolute atomic E-state index is 12.1. The summed E-state index contributed by atoms with van der Waals surface area (Å²) in [5.74, 6) is 0.961. The van der Waals surface area contributed by atoms with Gasteiger partial charge in [-0.25, -0.2) is 9.97 Å². The Balaban J connectivity index is 1.33. The molecule has 6 heteroatoms. The zero-order valence-corrected chi connectivity index (χ0v) is 15.6. The summed E-state index contributed by atoms with van der Waals surface area (Å²) < 4.78 is 1.11. The fourth-order valence-electron chi connectivity index (χ4n) is 2.94. The Morgan fingerprint density at radius 3 is 2.56 bits per heavy atom. The number of fused-ring (bicyclic) bond motifs is 1. The minimum Gasteiger partial charge on any atom is -0.366 e. The van der Waals surface area contributed by atoms with Gasteiger partial charge in [0.2, 0.25) is 0 Å². The van der Waals surface area contributed by atoms with Crippen LogP contribution >= 0.6 is 11.3 Å². The van der Waals surface area contributed by atoms with E-state index in [1.165, 1.54) is 12.8 Å². The van der Waals surface area contributed by atoms with Crippen LogP contribution < -0.4 is 10.6 Å². The second-order valence-electron chi connectivity index (χ2n) is 7.21. The molecular weight excluding hydrogens is 356 g/mol. The molecule has 5 rings (SSSR count). The first-order valence-corrected chi connectivity index (χ1v) is 10.2. The van der Waals surface area contributed by atoms with Gasteiger partial charge in [0.1, 0.15) is 12.1 Å². The van der Waals surface area contributed by atoms with Gasteiger partial charge in [-0.05, 0) is 43.4 Å². The smallest absolute Gasteiger partial charge is 0.251 e. The summed E-state index contributed by atoms with van der Waals surface area (Å²) in [7, 11) is 0. The lowest BCUT2D eigenvalue weighted by Gasteiger charge is -2.04. The lowest BCUT2D eigenvalue weighted by atomic mass is 10.1. The van der Waals surface area contributed by atoms with Gasteiger partial charge in [-0.2, -0.15) is 0 Å². The van der Waals surface area contributed by atoms with E-state index >= 15 is 0 Å². The van der Waals surface area contributed by atoms with Gasteiger partial charge in [-0.1, -0.05) is 24.3 Å². The van der Waals surface area contributed by atoms with Crippen molar-refractivity contribution in [3.63, 3.8) is 0 Å². The number of anilines is 1. The van der Waals surface area contributed by atoms with E-state index in [2.05, 4.69) is 38.1 Å². The van der Waals surface area contributed by atoms with Crippen LogP contribution in [-0.4, -0.2) is 28.0 Å². The molecule has 0 radical (unpaired) electrons. The highest BCUT2D eigenvalue weighted by Crippen LogP contribution is 2.33. The number of carbonyl (C=O) groups excluding carboxylic acids is 1. The highest BCUT2D eigenvalue weighted by molar-refractivity contribution is 7.18.